The van der Waals surface area contributed by atoms with Crippen LogP contribution >= 0.6 is 0 Å². The van der Waals surface area contributed by atoms with Gasteiger partial charge in [0, 0.05) is 17.2 Å². The smallest absolute Gasteiger partial charge is 0.417 e. The monoisotopic (exact) mass is 374 g/mol. The van der Waals surface area contributed by atoms with Gasteiger partial charge in [0.15, 0.2) is 0 Å². The van der Waals surface area contributed by atoms with E-state index in [9.17, 15) is 23.1 Å². The van der Waals surface area contributed by atoms with Crippen LogP contribution in [0.5, 0.6) is 5.88 Å². The lowest BCUT2D eigenvalue weighted by atomic mass is 10.0. The van der Waals surface area contributed by atoms with Gasteiger partial charge in [-0.1, -0.05) is 30.4 Å². The second-order valence-electron chi connectivity index (χ2n) is 6.04. The molecule has 0 saturated carbocycles. The first-order valence-corrected chi connectivity index (χ1v) is 8.09. The highest BCUT2D eigenvalue weighted by Crippen LogP contribution is 2.38. The van der Waals surface area contributed by atoms with Crippen LogP contribution in [0.1, 0.15) is 28.0 Å². The van der Waals surface area contributed by atoms with E-state index in [4.69, 9.17) is 4.74 Å². The molecule has 1 aliphatic heterocycles. The fraction of sp³-hybridized carbons (Fsp3) is 0.158. The summed E-state index contributed by atoms with van der Waals surface area (Å²) in [6, 6.07) is 6.10. The largest absolute Gasteiger partial charge is 0.478 e. The summed E-state index contributed by atoms with van der Waals surface area (Å²) in [7, 11) is 0. The molecule has 2 aliphatic rings. The van der Waals surface area contributed by atoms with E-state index in [1.54, 1.807) is 18.2 Å². The van der Waals surface area contributed by atoms with Crippen molar-refractivity contribution in [2.75, 3.05) is 0 Å². The number of hydrogen-bond acceptors (Lipinski definition) is 3. The van der Waals surface area contributed by atoms with Crippen molar-refractivity contribution in [3.8, 4) is 11.6 Å². The third-order valence-corrected chi connectivity index (χ3v) is 4.36. The van der Waals surface area contributed by atoms with Crippen molar-refractivity contribution in [1.29, 1.82) is 0 Å². The van der Waals surface area contributed by atoms with Crippen molar-refractivity contribution in [2.45, 2.75) is 19.2 Å². The van der Waals surface area contributed by atoms with E-state index in [1.807, 2.05) is 0 Å². The van der Waals surface area contributed by atoms with Gasteiger partial charge >= 0.3 is 12.1 Å². The minimum absolute atomic E-state index is 0.00383. The van der Waals surface area contributed by atoms with Gasteiger partial charge in [-0.25, -0.2) is 9.48 Å². The van der Waals surface area contributed by atoms with Crippen molar-refractivity contribution < 1.29 is 27.8 Å². The van der Waals surface area contributed by atoms with E-state index < -0.39 is 17.7 Å². The first-order chi connectivity index (χ1) is 12.9. The number of carboxylic acid groups (broad SMARTS) is 1. The average molecular weight is 374 g/mol. The van der Waals surface area contributed by atoms with Crippen molar-refractivity contribution >= 4 is 11.5 Å². The van der Waals surface area contributed by atoms with Crippen molar-refractivity contribution in [1.82, 2.24) is 9.78 Å². The van der Waals surface area contributed by atoms with Crippen LogP contribution in [0.15, 0.2) is 54.1 Å². The Labute approximate surface area is 151 Å². The molecule has 5 nitrogen and oxygen atoms in total. The zero-order valence-corrected chi connectivity index (χ0v) is 13.8. The molecule has 1 aromatic carbocycles. The van der Waals surface area contributed by atoms with Crippen LogP contribution in [0.3, 0.4) is 0 Å². The predicted molar refractivity (Wildman–Crippen MR) is 90.7 cm³/mol. The highest BCUT2D eigenvalue weighted by atomic mass is 19.4. The van der Waals surface area contributed by atoms with Gasteiger partial charge < -0.3 is 9.84 Å². The molecular formula is C19H13F3N2O3. The lowest BCUT2D eigenvalue weighted by molar-refractivity contribution is -0.0875. The molecule has 0 saturated heterocycles. The Kier molecular flexibility index (Phi) is 3.91. The van der Waals surface area contributed by atoms with E-state index in [2.05, 4.69) is 5.10 Å². The predicted octanol–water partition coefficient (Wildman–Crippen LogP) is 4.29. The topological polar surface area (TPSA) is 64.3 Å². The number of allylic oxidation sites excluding steroid dienone is 6. The number of fused-ring (bicyclic) bond motifs is 3. The van der Waals surface area contributed by atoms with Gasteiger partial charge in [0.05, 0.1) is 22.5 Å². The van der Waals surface area contributed by atoms with Crippen LogP contribution < -0.4 is 4.74 Å². The molecule has 8 heteroatoms. The SMILES string of the molecule is O=C(O)c1cccc2c1COc1cc(C3=C(C(F)(F)F)C=CCC=C3)nn1-2. The lowest BCUT2D eigenvalue weighted by Crippen LogP contribution is -2.17. The number of alkyl halides is 3. The summed E-state index contributed by atoms with van der Waals surface area (Å²) in [6.45, 7) is 0.00383. The van der Waals surface area contributed by atoms with E-state index in [0.717, 1.165) is 6.08 Å². The first kappa shape index (κ1) is 17.1. The van der Waals surface area contributed by atoms with Gasteiger partial charge in [0.2, 0.25) is 5.88 Å². The number of carboxylic acids is 1. The Morgan fingerprint density at radius 1 is 1.22 bits per heavy atom. The Bertz CT molecular complexity index is 1030. The molecule has 1 aliphatic carbocycles. The summed E-state index contributed by atoms with van der Waals surface area (Å²) in [5.74, 6) is -0.846. The molecule has 138 valence electrons. The quantitative estimate of drug-likeness (QED) is 0.852. The van der Waals surface area contributed by atoms with E-state index in [-0.39, 0.29) is 29.3 Å². The Hall–Kier alpha value is -3.29. The number of halogens is 3. The zero-order chi connectivity index (χ0) is 19.2. The number of rotatable bonds is 2. The van der Waals surface area contributed by atoms with Gasteiger partial charge in [-0.2, -0.15) is 18.3 Å². The number of ether oxygens (including phenoxy) is 1. The second-order valence-corrected chi connectivity index (χ2v) is 6.04. The van der Waals surface area contributed by atoms with Gasteiger partial charge in [0.1, 0.15) is 6.61 Å². The summed E-state index contributed by atoms with van der Waals surface area (Å²) >= 11 is 0. The molecule has 0 amide bonds. The third kappa shape index (κ3) is 2.92. The highest BCUT2D eigenvalue weighted by molar-refractivity contribution is 5.90. The van der Waals surface area contributed by atoms with Crippen molar-refractivity contribution in [3.63, 3.8) is 0 Å². The summed E-state index contributed by atoms with van der Waals surface area (Å²) in [5, 5.41) is 13.6. The Morgan fingerprint density at radius 2 is 2.00 bits per heavy atom. The molecule has 27 heavy (non-hydrogen) atoms. The molecule has 0 bridgehead atoms. The van der Waals surface area contributed by atoms with Crippen LogP contribution in [0.4, 0.5) is 13.2 Å². The van der Waals surface area contributed by atoms with Gasteiger partial charge in [-0.05, 0) is 18.6 Å². The van der Waals surface area contributed by atoms with Crippen LogP contribution in [-0.2, 0) is 6.61 Å². The van der Waals surface area contributed by atoms with Crippen LogP contribution in [0.25, 0.3) is 11.3 Å². The number of carbonyl (C=O) groups is 1. The molecule has 0 spiro atoms. The van der Waals surface area contributed by atoms with E-state index >= 15 is 0 Å². The second kappa shape index (κ2) is 6.15. The van der Waals surface area contributed by atoms with Crippen molar-refractivity contribution in [3.05, 3.63) is 71.0 Å². The van der Waals surface area contributed by atoms with E-state index in [1.165, 1.54) is 29.0 Å². The van der Waals surface area contributed by atoms with Crippen LogP contribution in [-0.4, -0.2) is 27.0 Å². The van der Waals surface area contributed by atoms with Crippen LogP contribution in [0, 0.1) is 0 Å². The maximum atomic E-state index is 13.4. The summed E-state index contributed by atoms with van der Waals surface area (Å²) < 4.78 is 47.2. The molecular weight excluding hydrogens is 361 g/mol. The molecule has 1 N–H and O–H groups in total. The molecule has 0 unspecified atom stereocenters. The molecule has 2 aromatic rings. The molecule has 0 radical (unpaired) electrons. The molecule has 0 atom stereocenters. The molecule has 4 rings (SSSR count). The fourth-order valence-corrected chi connectivity index (χ4v) is 3.14. The van der Waals surface area contributed by atoms with Gasteiger partial charge in [-0.3, -0.25) is 0 Å². The summed E-state index contributed by atoms with van der Waals surface area (Å²) in [5.41, 5.74) is 0.235. The van der Waals surface area contributed by atoms with Crippen molar-refractivity contribution in [2.24, 2.45) is 0 Å². The molecule has 2 heterocycles. The normalized spacial score (nSPS) is 15.8. The standard InChI is InChI=1S/C19H13F3N2O3/c20-19(21,22)14-7-3-1-2-5-12(14)15-9-17-24(23-15)16-8-4-6-11(18(25)26)13(16)10-27-17/h2-9H,1,10H2,(H,25,26). The number of aromatic nitrogens is 2. The minimum atomic E-state index is -4.53. The lowest BCUT2D eigenvalue weighted by Gasteiger charge is -2.20. The summed E-state index contributed by atoms with van der Waals surface area (Å²) in [4.78, 5) is 11.4. The number of benzene rings is 1. The highest BCUT2D eigenvalue weighted by Gasteiger charge is 2.36. The first-order valence-electron chi connectivity index (χ1n) is 8.09. The Morgan fingerprint density at radius 3 is 2.74 bits per heavy atom. The number of aromatic carboxylic acids is 1. The zero-order valence-electron chi connectivity index (χ0n) is 13.8. The van der Waals surface area contributed by atoms with Gasteiger partial charge in [0.25, 0.3) is 0 Å². The fourth-order valence-electron chi connectivity index (χ4n) is 3.14. The van der Waals surface area contributed by atoms with E-state index in [0.29, 0.717) is 17.7 Å². The molecule has 0 fully saturated rings. The Balaban J connectivity index is 1.89. The third-order valence-electron chi connectivity index (χ3n) is 4.36. The number of hydrogen-bond donors (Lipinski definition) is 1. The maximum Gasteiger partial charge on any atom is 0.417 e. The number of nitrogens with zero attached hydrogens (tertiary/aromatic N) is 2. The molecule has 1 aromatic heterocycles. The average Bonchev–Trinajstić information content (AvgIpc) is 2.89. The van der Waals surface area contributed by atoms with Crippen LogP contribution in [0.2, 0.25) is 0 Å². The van der Waals surface area contributed by atoms with Gasteiger partial charge in [-0.15, -0.1) is 0 Å². The minimum Gasteiger partial charge on any atom is -0.478 e. The maximum absolute atomic E-state index is 13.4. The summed E-state index contributed by atoms with van der Waals surface area (Å²) in [6.07, 6.45) is 1.36.